The minimum absolute atomic E-state index is 0.457. The maximum Gasteiger partial charge on any atom is 0.0638 e. The molecule has 0 radical (unpaired) electrons. The van der Waals surface area contributed by atoms with Gasteiger partial charge < -0.3 is 4.90 Å². The molecule has 2 atom stereocenters. The predicted octanol–water partition coefficient (Wildman–Crippen LogP) is 2.09. The van der Waals surface area contributed by atoms with E-state index < -0.39 is 0 Å². The molecular formula is C14H25N3. The van der Waals surface area contributed by atoms with Crippen LogP contribution in [-0.2, 0) is 0 Å². The van der Waals surface area contributed by atoms with Gasteiger partial charge in [-0.1, -0.05) is 19.8 Å². The van der Waals surface area contributed by atoms with Gasteiger partial charge in [0.2, 0.25) is 0 Å². The van der Waals surface area contributed by atoms with E-state index in [0.29, 0.717) is 12.5 Å². The lowest BCUT2D eigenvalue weighted by Crippen LogP contribution is -2.45. The van der Waals surface area contributed by atoms with E-state index in [1.165, 1.54) is 38.8 Å². The molecule has 2 aliphatic rings. The second-order valence-electron chi connectivity index (χ2n) is 5.98. The Labute approximate surface area is 105 Å². The third kappa shape index (κ3) is 3.20. The highest BCUT2D eigenvalue weighted by molar-refractivity contribution is 4.92. The lowest BCUT2D eigenvalue weighted by Gasteiger charge is -2.35. The normalized spacial score (nSPS) is 33.5. The molecule has 1 saturated heterocycles. The van der Waals surface area contributed by atoms with E-state index in [-0.39, 0.29) is 0 Å². The number of rotatable bonds is 2. The van der Waals surface area contributed by atoms with E-state index in [0.717, 1.165) is 18.5 Å². The van der Waals surface area contributed by atoms with Crippen molar-refractivity contribution >= 4 is 0 Å². The Morgan fingerprint density at radius 3 is 2.53 bits per heavy atom. The van der Waals surface area contributed by atoms with Crippen molar-refractivity contribution in [1.82, 2.24) is 9.80 Å². The van der Waals surface area contributed by atoms with Crippen LogP contribution in [0.2, 0.25) is 0 Å². The lowest BCUT2D eigenvalue weighted by atomic mass is 10.1. The average Bonchev–Trinajstić information content (AvgIpc) is 2.74. The molecule has 0 amide bonds. The summed E-state index contributed by atoms with van der Waals surface area (Å²) in [6.45, 7) is 5.76. The molecule has 0 N–H and O–H groups in total. The smallest absolute Gasteiger partial charge is 0.0638 e. The van der Waals surface area contributed by atoms with Crippen molar-refractivity contribution in [3.8, 4) is 6.07 Å². The summed E-state index contributed by atoms with van der Waals surface area (Å²) in [5.74, 6) is 0.726. The zero-order valence-electron chi connectivity index (χ0n) is 11.2. The molecule has 0 bridgehead atoms. The van der Waals surface area contributed by atoms with Gasteiger partial charge in [0, 0.05) is 31.7 Å². The number of likely N-dealkylation sites (N-methyl/N-ethyl adjacent to an activating group) is 1. The van der Waals surface area contributed by atoms with Crippen LogP contribution < -0.4 is 0 Å². The summed E-state index contributed by atoms with van der Waals surface area (Å²) in [6, 6.07) is 3.59. The van der Waals surface area contributed by atoms with Crippen LogP contribution in [0, 0.1) is 17.2 Å². The SMILES string of the molecule is CC1CN(C)CC(CC#N)N(C2CCCC2)C1. The van der Waals surface area contributed by atoms with E-state index in [2.05, 4.69) is 29.8 Å². The summed E-state index contributed by atoms with van der Waals surface area (Å²) >= 11 is 0. The molecule has 0 aromatic carbocycles. The van der Waals surface area contributed by atoms with Crippen LogP contribution >= 0.6 is 0 Å². The van der Waals surface area contributed by atoms with Crippen molar-refractivity contribution in [3.05, 3.63) is 0 Å². The van der Waals surface area contributed by atoms with Gasteiger partial charge in [-0.3, -0.25) is 4.90 Å². The van der Waals surface area contributed by atoms with E-state index in [1.54, 1.807) is 0 Å². The Morgan fingerprint density at radius 2 is 1.88 bits per heavy atom. The fraction of sp³-hybridized carbons (Fsp3) is 0.929. The third-order valence-electron chi connectivity index (χ3n) is 4.26. The minimum Gasteiger partial charge on any atom is -0.304 e. The van der Waals surface area contributed by atoms with Gasteiger partial charge >= 0.3 is 0 Å². The molecule has 2 rings (SSSR count). The van der Waals surface area contributed by atoms with Crippen LogP contribution in [0.25, 0.3) is 0 Å². The van der Waals surface area contributed by atoms with Gasteiger partial charge in [0.05, 0.1) is 12.5 Å². The van der Waals surface area contributed by atoms with Crippen LogP contribution in [0.5, 0.6) is 0 Å². The van der Waals surface area contributed by atoms with Crippen molar-refractivity contribution in [3.63, 3.8) is 0 Å². The first-order valence-corrected chi connectivity index (χ1v) is 7.02. The van der Waals surface area contributed by atoms with Crippen molar-refractivity contribution < 1.29 is 0 Å². The average molecular weight is 235 g/mol. The standard InChI is InChI=1S/C14H25N3/c1-12-9-16(2)11-14(7-8-15)17(10-12)13-5-3-4-6-13/h12-14H,3-7,9-11H2,1-2H3. The zero-order chi connectivity index (χ0) is 12.3. The summed E-state index contributed by atoms with van der Waals surface area (Å²) in [5.41, 5.74) is 0. The molecule has 2 fully saturated rings. The molecule has 1 aliphatic carbocycles. The Balaban J connectivity index is 2.08. The molecule has 96 valence electrons. The van der Waals surface area contributed by atoms with Gasteiger partial charge in [-0.05, 0) is 25.8 Å². The largest absolute Gasteiger partial charge is 0.304 e. The summed E-state index contributed by atoms with van der Waals surface area (Å²) in [6.07, 6.45) is 6.14. The van der Waals surface area contributed by atoms with Crippen LogP contribution in [0.4, 0.5) is 0 Å². The van der Waals surface area contributed by atoms with Crippen LogP contribution in [0.15, 0.2) is 0 Å². The molecule has 0 spiro atoms. The fourth-order valence-corrected chi connectivity index (χ4v) is 3.61. The monoisotopic (exact) mass is 235 g/mol. The molecule has 3 nitrogen and oxygen atoms in total. The molecule has 17 heavy (non-hydrogen) atoms. The van der Waals surface area contributed by atoms with Gasteiger partial charge in [-0.25, -0.2) is 0 Å². The van der Waals surface area contributed by atoms with E-state index in [9.17, 15) is 0 Å². The lowest BCUT2D eigenvalue weighted by molar-refractivity contribution is 0.128. The van der Waals surface area contributed by atoms with E-state index in [4.69, 9.17) is 5.26 Å². The van der Waals surface area contributed by atoms with E-state index in [1.807, 2.05) is 0 Å². The fourth-order valence-electron chi connectivity index (χ4n) is 3.61. The van der Waals surface area contributed by atoms with Gasteiger partial charge in [0.25, 0.3) is 0 Å². The summed E-state index contributed by atoms with van der Waals surface area (Å²) in [4.78, 5) is 5.06. The molecular weight excluding hydrogens is 210 g/mol. The van der Waals surface area contributed by atoms with E-state index >= 15 is 0 Å². The first-order chi connectivity index (χ1) is 8.20. The van der Waals surface area contributed by atoms with Crippen molar-refractivity contribution in [2.75, 3.05) is 26.7 Å². The Hall–Kier alpha value is -0.590. The highest BCUT2D eigenvalue weighted by Crippen LogP contribution is 2.28. The Morgan fingerprint density at radius 1 is 1.18 bits per heavy atom. The summed E-state index contributed by atoms with van der Waals surface area (Å²) in [7, 11) is 2.19. The second-order valence-corrected chi connectivity index (χ2v) is 5.98. The first kappa shape index (κ1) is 12.9. The Kier molecular flexibility index (Phi) is 4.42. The Bertz CT molecular complexity index is 278. The number of hydrogen-bond acceptors (Lipinski definition) is 3. The van der Waals surface area contributed by atoms with Crippen LogP contribution in [0.1, 0.15) is 39.0 Å². The third-order valence-corrected chi connectivity index (χ3v) is 4.26. The second kappa shape index (κ2) is 5.84. The van der Waals surface area contributed by atoms with Gasteiger partial charge in [0.1, 0.15) is 0 Å². The number of nitrogens with zero attached hydrogens (tertiary/aromatic N) is 3. The number of nitriles is 1. The highest BCUT2D eigenvalue weighted by atomic mass is 15.3. The van der Waals surface area contributed by atoms with Crippen LogP contribution in [-0.4, -0.2) is 48.6 Å². The summed E-state index contributed by atoms with van der Waals surface area (Å²) < 4.78 is 0. The summed E-state index contributed by atoms with van der Waals surface area (Å²) in [5, 5.41) is 9.03. The van der Waals surface area contributed by atoms with Gasteiger partial charge in [0.15, 0.2) is 0 Å². The topological polar surface area (TPSA) is 30.3 Å². The van der Waals surface area contributed by atoms with Crippen molar-refractivity contribution in [2.45, 2.75) is 51.1 Å². The van der Waals surface area contributed by atoms with Gasteiger partial charge in [-0.15, -0.1) is 0 Å². The van der Waals surface area contributed by atoms with Crippen molar-refractivity contribution in [1.29, 1.82) is 5.26 Å². The van der Waals surface area contributed by atoms with Gasteiger partial charge in [-0.2, -0.15) is 5.26 Å². The predicted molar refractivity (Wildman–Crippen MR) is 69.6 cm³/mol. The first-order valence-electron chi connectivity index (χ1n) is 7.02. The van der Waals surface area contributed by atoms with Crippen molar-refractivity contribution in [2.24, 2.45) is 5.92 Å². The highest BCUT2D eigenvalue weighted by Gasteiger charge is 2.32. The van der Waals surface area contributed by atoms with Crippen LogP contribution in [0.3, 0.4) is 0 Å². The quantitative estimate of drug-likeness (QED) is 0.734. The molecule has 1 aliphatic heterocycles. The maximum absolute atomic E-state index is 9.03. The molecule has 1 saturated carbocycles. The molecule has 0 aromatic rings. The zero-order valence-corrected chi connectivity index (χ0v) is 11.2. The molecule has 2 unspecified atom stereocenters. The maximum atomic E-state index is 9.03. The molecule has 1 heterocycles. The molecule has 0 aromatic heterocycles. The number of hydrogen-bond donors (Lipinski definition) is 0. The molecule has 3 heteroatoms. The minimum atomic E-state index is 0.457.